The van der Waals surface area contributed by atoms with Gasteiger partial charge in [0.05, 0.1) is 11.4 Å². The largest absolute Gasteiger partial charge is 0.324 e. The first kappa shape index (κ1) is 19.6. The van der Waals surface area contributed by atoms with E-state index in [4.69, 9.17) is 0 Å². The highest BCUT2D eigenvalue weighted by Gasteiger charge is 2.17. The molecule has 152 valence electrons. The minimum Gasteiger partial charge on any atom is -0.324 e. The molecule has 1 aliphatic rings. The highest BCUT2D eigenvalue weighted by Crippen LogP contribution is 2.25. The molecule has 1 unspecified atom stereocenters. The van der Waals surface area contributed by atoms with E-state index in [0.717, 1.165) is 12.8 Å². The number of nitrogens with zero attached hydrogens (tertiary/aromatic N) is 2. The van der Waals surface area contributed by atoms with Crippen LogP contribution in [0.15, 0.2) is 72.9 Å². The summed E-state index contributed by atoms with van der Waals surface area (Å²) < 4.78 is 15.3. The first-order valence-corrected chi connectivity index (χ1v) is 9.77. The van der Waals surface area contributed by atoms with Crippen LogP contribution in [0.3, 0.4) is 0 Å². The van der Waals surface area contributed by atoms with Crippen molar-refractivity contribution >= 4 is 23.2 Å². The Morgan fingerprint density at radius 1 is 1.03 bits per heavy atom. The van der Waals surface area contributed by atoms with E-state index in [0.29, 0.717) is 17.8 Å². The molecule has 0 radical (unpaired) electrons. The molecule has 1 aliphatic carbocycles. The third kappa shape index (κ3) is 4.46. The number of allylic oxidation sites excluding steroid dienone is 2. The molecule has 7 heteroatoms. The third-order valence-electron chi connectivity index (χ3n) is 4.93. The summed E-state index contributed by atoms with van der Waals surface area (Å²) in [7, 11) is 0. The fourth-order valence-corrected chi connectivity index (χ4v) is 3.41. The Morgan fingerprint density at radius 2 is 1.77 bits per heavy atom. The summed E-state index contributed by atoms with van der Waals surface area (Å²) in [5.41, 5.74) is 1.38. The van der Waals surface area contributed by atoms with Gasteiger partial charge in [0.1, 0.15) is 11.5 Å². The number of halogens is 1. The second kappa shape index (κ2) is 8.73. The average Bonchev–Trinajstić information content (AvgIpc) is 3.42. The minimum atomic E-state index is -0.453. The van der Waals surface area contributed by atoms with Crippen molar-refractivity contribution in [2.24, 2.45) is 5.92 Å². The van der Waals surface area contributed by atoms with Gasteiger partial charge in [0, 0.05) is 12.6 Å². The molecule has 4 rings (SSSR count). The van der Waals surface area contributed by atoms with Gasteiger partial charge in [-0.3, -0.25) is 9.59 Å². The molecule has 1 aromatic heterocycles. The van der Waals surface area contributed by atoms with Crippen LogP contribution in [0, 0.1) is 11.7 Å². The maximum absolute atomic E-state index is 13.9. The molecule has 0 spiro atoms. The summed E-state index contributed by atoms with van der Waals surface area (Å²) in [6.45, 7) is 0. The van der Waals surface area contributed by atoms with Crippen molar-refractivity contribution in [3.05, 3.63) is 84.5 Å². The van der Waals surface area contributed by atoms with Crippen molar-refractivity contribution in [2.45, 2.75) is 19.3 Å². The normalized spacial score (nSPS) is 15.2. The van der Waals surface area contributed by atoms with Crippen molar-refractivity contribution in [1.29, 1.82) is 0 Å². The molecule has 2 N–H and O–H groups in total. The zero-order valence-electron chi connectivity index (χ0n) is 16.2. The van der Waals surface area contributed by atoms with Crippen LogP contribution in [-0.2, 0) is 4.79 Å². The van der Waals surface area contributed by atoms with E-state index < -0.39 is 11.7 Å². The van der Waals surface area contributed by atoms with E-state index in [2.05, 4.69) is 27.9 Å². The molecule has 1 heterocycles. The maximum atomic E-state index is 13.9. The summed E-state index contributed by atoms with van der Waals surface area (Å²) in [5.74, 6) is -0.727. The lowest BCUT2D eigenvalue weighted by molar-refractivity contribution is -0.116. The lowest BCUT2D eigenvalue weighted by atomic mass is 10.0. The van der Waals surface area contributed by atoms with Gasteiger partial charge < -0.3 is 10.6 Å². The molecule has 2 aromatic carbocycles. The van der Waals surface area contributed by atoms with Gasteiger partial charge >= 0.3 is 0 Å². The predicted octanol–water partition coefficient (Wildman–Crippen LogP) is 4.56. The monoisotopic (exact) mass is 404 g/mol. The van der Waals surface area contributed by atoms with Crippen molar-refractivity contribution in [1.82, 2.24) is 9.78 Å². The number of anilines is 2. The lowest BCUT2D eigenvalue weighted by Crippen LogP contribution is -2.18. The van der Waals surface area contributed by atoms with Crippen LogP contribution in [0.2, 0.25) is 0 Å². The Kier molecular flexibility index (Phi) is 5.70. The molecule has 0 aliphatic heterocycles. The molecule has 3 aromatic rings. The Balaban J connectivity index is 1.46. The number of carbonyl (C=O) groups excluding carboxylic acids is 2. The van der Waals surface area contributed by atoms with Crippen molar-refractivity contribution in [2.75, 3.05) is 10.6 Å². The topological polar surface area (TPSA) is 76.0 Å². The molecular weight excluding hydrogens is 383 g/mol. The van der Waals surface area contributed by atoms with Crippen LogP contribution >= 0.6 is 0 Å². The van der Waals surface area contributed by atoms with Gasteiger partial charge in [0.15, 0.2) is 5.69 Å². The first-order chi connectivity index (χ1) is 14.6. The molecule has 1 atom stereocenters. The van der Waals surface area contributed by atoms with Gasteiger partial charge in [-0.25, -0.2) is 9.07 Å². The van der Waals surface area contributed by atoms with Crippen LogP contribution in [0.25, 0.3) is 5.69 Å². The van der Waals surface area contributed by atoms with Gasteiger partial charge in [-0.05, 0) is 49.1 Å². The fourth-order valence-electron chi connectivity index (χ4n) is 3.41. The molecule has 0 saturated carbocycles. The molecule has 0 bridgehead atoms. The van der Waals surface area contributed by atoms with Crippen LogP contribution in [0.1, 0.15) is 29.8 Å². The van der Waals surface area contributed by atoms with Crippen molar-refractivity contribution in [3.63, 3.8) is 0 Å². The summed E-state index contributed by atoms with van der Waals surface area (Å²) in [5, 5.41) is 9.80. The Bertz CT molecular complexity index is 1110. The SMILES string of the molecule is O=C(CC1C=CCC1)Nc1ccccc1NC(=O)c1ccn(-c2ccccc2F)n1. The van der Waals surface area contributed by atoms with Gasteiger partial charge in [-0.1, -0.05) is 36.4 Å². The van der Waals surface area contributed by atoms with Gasteiger partial charge in [0.2, 0.25) is 5.91 Å². The Hall–Kier alpha value is -3.74. The van der Waals surface area contributed by atoms with E-state index in [1.54, 1.807) is 42.5 Å². The number of rotatable bonds is 6. The van der Waals surface area contributed by atoms with Crippen LogP contribution < -0.4 is 10.6 Å². The zero-order chi connectivity index (χ0) is 20.9. The number of hydrogen-bond donors (Lipinski definition) is 2. The number of hydrogen-bond acceptors (Lipinski definition) is 3. The number of nitrogens with one attached hydrogen (secondary N) is 2. The molecule has 0 fully saturated rings. The van der Waals surface area contributed by atoms with Crippen LogP contribution in [0.5, 0.6) is 0 Å². The van der Waals surface area contributed by atoms with E-state index in [9.17, 15) is 14.0 Å². The summed E-state index contributed by atoms with van der Waals surface area (Å²) in [4.78, 5) is 25.0. The zero-order valence-corrected chi connectivity index (χ0v) is 16.2. The number of carbonyl (C=O) groups is 2. The van der Waals surface area contributed by atoms with E-state index in [-0.39, 0.29) is 23.2 Å². The Labute approximate surface area is 173 Å². The molecular formula is C23H21FN4O2. The van der Waals surface area contributed by atoms with E-state index >= 15 is 0 Å². The van der Waals surface area contributed by atoms with Crippen LogP contribution in [0.4, 0.5) is 15.8 Å². The van der Waals surface area contributed by atoms with Crippen molar-refractivity contribution in [3.8, 4) is 5.69 Å². The second-order valence-electron chi connectivity index (χ2n) is 7.11. The second-order valence-corrected chi connectivity index (χ2v) is 7.11. The van der Waals surface area contributed by atoms with Crippen molar-refractivity contribution < 1.29 is 14.0 Å². The number of para-hydroxylation sites is 3. The standard InChI is InChI=1S/C23H21FN4O2/c24-17-9-3-6-12-21(17)28-14-13-20(27-28)23(30)26-19-11-5-4-10-18(19)25-22(29)15-16-7-1-2-8-16/h1,3-7,9-14,16H,2,8,15H2,(H,25,29)(H,26,30). The third-order valence-corrected chi connectivity index (χ3v) is 4.93. The summed E-state index contributed by atoms with van der Waals surface area (Å²) in [6, 6.07) is 14.7. The molecule has 30 heavy (non-hydrogen) atoms. The highest BCUT2D eigenvalue weighted by molar-refractivity contribution is 6.06. The molecule has 2 amide bonds. The first-order valence-electron chi connectivity index (χ1n) is 9.77. The minimum absolute atomic E-state index is 0.0999. The average molecular weight is 404 g/mol. The quantitative estimate of drug-likeness (QED) is 0.592. The van der Waals surface area contributed by atoms with E-state index in [1.807, 2.05) is 0 Å². The lowest BCUT2D eigenvalue weighted by Gasteiger charge is -2.13. The number of amides is 2. The smallest absolute Gasteiger partial charge is 0.276 e. The highest BCUT2D eigenvalue weighted by atomic mass is 19.1. The maximum Gasteiger partial charge on any atom is 0.276 e. The summed E-state index contributed by atoms with van der Waals surface area (Å²) >= 11 is 0. The summed E-state index contributed by atoms with van der Waals surface area (Å²) in [6.07, 6.45) is 8.08. The number of benzene rings is 2. The van der Waals surface area contributed by atoms with Crippen LogP contribution in [-0.4, -0.2) is 21.6 Å². The molecule has 0 saturated heterocycles. The fraction of sp³-hybridized carbons (Fsp3) is 0.174. The number of aromatic nitrogens is 2. The van der Waals surface area contributed by atoms with Gasteiger partial charge in [-0.15, -0.1) is 0 Å². The van der Waals surface area contributed by atoms with Gasteiger partial charge in [-0.2, -0.15) is 5.10 Å². The van der Waals surface area contributed by atoms with E-state index in [1.165, 1.54) is 23.0 Å². The Morgan fingerprint density at radius 3 is 2.50 bits per heavy atom. The van der Waals surface area contributed by atoms with Gasteiger partial charge in [0.25, 0.3) is 5.91 Å². The molecule has 6 nitrogen and oxygen atoms in total. The predicted molar refractivity (Wildman–Crippen MR) is 113 cm³/mol.